The van der Waals surface area contributed by atoms with Gasteiger partial charge in [0.25, 0.3) is 0 Å². The van der Waals surface area contributed by atoms with Crippen molar-refractivity contribution in [1.82, 2.24) is 4.90 Å². The van der Waals surface area contributed by atoms with E-state index in [1.165, 1.54) is 24.8 Å². The number of methoxy groups -OCH3 is 1. The first kappa shape index (κ1) is 16.6. The number of ether oxygens (including phenoxy) is 3. The molecule has 128 valence electrons. The van der Waals surface area contributed by atoms with Crippen LogP contribution in [0, 0.1) is 0 Å². The van der Waals surface area contributed by atoms with Gasteiger partial charge in [-0.25, -0.2) is 0 Å². The highest BCUT2D eigenvalue weighted by Gasteiger charge is 2.25. The van der Waals surface area contributed by atoms with Gasteiger partial charge in [0.05, 0.1) is 12.3 Å². The number of fused-ring (bicyclic) bond motifs is 1. The van der Waals surface area contributed by atoms with Crippen LogP contribution in [-0.2, 0) is 16.0 Å². The molecule has 5 heteroatoms. The molecule has 0 spiro atoms. The van der Waals surface area contributed by atoms with Crippen molar-refractivity contribution in [3.8, 4) is 5.75 Å². The van der Waals surface area contributed by atoms with E-state index < -0.39 is 0 Å². The zero-order valence-electron chi connectivity index (χ0n) is 14.2. The molecule has 2 heterocycles. The summed E-state index contributed by atoms with van der Waals surface area (Å²) in [5, 5.41) is 3.49. The molecule has 1 N–H and O–H groups in total. The molecule has 0 aliphatic carbocycles. The molecule has 1 saturated heterocycles. The standard InChI is InChI=1S/C18H28N2O3/c1-14(21-2)23-13-16-7-3-4-10-20(16)12-15-6-5-8-17-18(15)19-9-11-22-17/h5-6,8,14,16,19H,3-4,7,9-13H2,1-2H3/t14?,16-/m1/s1. The highest BCUT2D eigenvalue weighted by atomic mass is 16.7. The van der Waals surface area contributed by atoms with Gasteiger partial charge in [0.1, 0.15) is 12.4 Å². The number of rotatable bonds is 6. The lowest BCUT2D eigenvalue weighted by Crippen LogP contribution is -2.42. The fourth-order valence-corrected chi connectivity index (χ4v) is 3.36. The number of likely N-dealkylation sites (tertiary alicyclic amines) is 1. The van der Waals surface area contributed by atoms with E-state index in [0.717, 1.165) is 44.3 Å². The van der Waals surface area contributed by atoms with E-state index in [1.54, 1.807) is 7.11 Å². The maximum absolute atomic E-state index is 5.81. The quantitative estimate of drug-likeness (QED) is 0.817. The Morgan fingerprint density at radius 1 is 1.39 bits per heavy atom. The predicted octanol–water partition coefficient (Wildman–Crippen LogP) is 2.85. The molecule has 1 aromatic carbocycles. The topological polar surface area (TPSA) is 43.0 Å². The Hall–Kier alpha value is -1.30. The molecule has 2 aliphatic heterocycles. The van der Waals surface area contributed by atoms with Crippen molar-refractivity contribution in [3.05, 3.63) is 23.8 Å². The van der Waals surface area contributed by atoms with Crippen molar-refractivity contribution < 1.29 is 14.2 Å². The number of benzene rings is 1. The van der Waals surface area contributed by atoms with Crippen LogP contribution in [0.1, 0.15) is 31.7 Å². The number of hydrogen-bond donors (Lipinski definition) is 1. The SMILES string of the molecule is COC(C)OC[C@H]1CCCCN1Cc1cccc2c1NCCO2. The Labute approximate surface area is 138 Å². The second-order valence-electron chi connectivity index (χ2n) is 6.32. The van der Waals surface area contributed by atoms with Crippen LogP contribution in [0.3, 0.4) is 0 Å². The van der Waals surface area contributed by atoms with Crippen LogP contribution in [0.4, 0.5) is 5.69 Å². The summed E-state index contributed by atoms with van der Waals surface area (Å²) in [6.07, 6.45) is 3.59. The van der Waals surface area contributed by atoms with Crippen LogP contribution in [-0.4, -0.2) is 50.6 Å². The maximum Gasteiger partial charge on any atom is 0.154 e. The number of piperidine rings is 1. The third kappa shape index (κ3) is 4.16. The van der Waals surface area contributed by atoms with Gasteiger partial charge in [-0.05, 0) is 37.9 Å². The fourth-order valence-electron chi connectivity index (χ4n) is 3.36. The third-order valence-electron chi connectivity index (χ3n) is 4.75. The van der Waals surface area contributed by atoms with Gasteiger partial charge in [-0.3, -0.25) is 4.90 Å². The number of para-hydroxylation sites is 1. The first-order valence-electron chi connectivity index (χ1n) is 8.65. The highest BCUT2D eigenvalue weighted by molar-refractivity contribution is 5.63. The minimum Gasteiger partial charge on any atom is -0.490 e. The minimum absolute atomic E-state index is 0.140. The number of anilines is 1. The Balaban J connectivity index is 1.67. The van der Waals surface area contributed by atoms with Gasteiger partial charge >= 0.3 is 0 Å². The molecular weight excluding hydrogens is 292 g/mol. The predicted molar refractivity (Wildman–Crippen MR) is 90.9 cm³/mol. The summed E-state index contributed by atoms with van der Waals surface area (Å²) in [5.41, 5.74) is 2.48. The van der Waals surface area contributed by atoms with Crippen molar-refractivity contribution in [2.45, 2.75) is 45.1 Å². The maximum atomic E-state index is 5.81. The first-order chi connectivity index (χ1) is 11.3. The van der Waals surface area contributed by atoms with E-state index in [9.17, 15) is 0 Å². The molecule has 1 aromatic rings. The van der Waals surface area contributed by atoms with Gasteiger partial charge in [0, 0.05) is 26.2 Å². The Kier molecular flexibility index (Phi) is 5.75. The van der Waals surface area contributed by atoms with Crippen molar-refractivity contribution >= 4 is 5.69 Å². The van der Waals surface area contributed by atoms with Crippen LogP contribution < -0.4 is 10.1 Å². The van der Waals surface area contributed by atoms with E-state index in [0.29, 0.717) is 6.04 Å². The van der Waals surface area contributed by atoms with E-state index in [2.05, 4.69) is 22.3 Å². The summed E-state index contributed by atoms with van der Waals surface area (Å²) in [5.74, 6) is 0.978. The molecule has 0 aromatic heterocycles. The lowest BCUT2D eigenvalue weighted by molar-refractivity contribution is -0.127. The minimum atomic E-state index is -0.140. The average Bonchev–Trinajstić information content (AvgIpc) is 2.61. The Morgan fingerprint density at radius 2 is 2.30 bits per heavy atom. The zero-order valence-corrected chi connectivity index (χ0v) is 14.2. The summed E-state index contributed by atoms with van der Waals surface area (Å²) in [7, 11) is 1.69. The number of hydrogen-bond acceptors (Lipinski definition) is 5. The molecule has 2 atom stereocenters. The number of nitrogens with one attached hydrogen (secondary N) is 1. The monoisotopic (exact) mass is 320 g/mol. The largest absolute Gasteiger partial charge is 0.490 e. The van der Waals surface area contributed by atoms with Crippen molar-refractivity contribution in [1.29, 1.82) is 0 Å². The second-order valence-corrected chi connectivity index (χ2v) is 6.32. The second kappa shape index (κ2) is 7.99. The van der Waals surface area contributed by atoms with Crippen LogP contribution in [0.15, 0.2) is 18.2 Å². The summed E-state index contributed by atoms with van der Waals surface area (Å²) in [6.45, 7) is 6.36. The van der Waals surface area contributed by atoms with E-state index in [-0.39, 0.29) is 6.29 Å². The van der Waals surface area contributed by atoms with Gasteiger partial charge in [0.15, 0.2) is 6.29 Å². The average molecular weight is 320 g/mol. The van der Waals surface area contributed by atoms with Gasteiger partial charge in [-0.1, -0.05) is 18.6 Å². The van der Waals surface area contributed by atoms with Crippen molar-refractivity contribution in [2.24, 2.45) is 0 Å². The highest BCUT2D eigenvalue weighted by Crippen LogP contribution is 2.32. The van der Waals surface area contributed by atoms with Gasteiger partial charge in [-0.15, -0.1) is 0 Å². The summed E-state index contributed by atoms with van der Waals surface area (Å²) >= 11 is 0. The Morgan fingerprint density at radius 3 is 3.17 bits per heavy atom. The summed E-state index contributed by atoms with van der Waals surface area (Å²) in [6, 6.07) is 6.79. The van der Waals surface area contributed by atoms with Crippen LogP contribution in [0.2, 0.25) is 0 Å². The van der Waals surface area contributed by atoms with E-state index in [4.69, 9.17) is 14.2 Å². The van der Waals surface area contributed by atoms with Crippen LogP contribution in [0.5, 0.6) is 5.75 Å². The van der Waals surface area contributed by atoms with Crippen molar-refractivity contribution in [2.75, 3.05) is 38.7 Å². The molecule has 0 bridgehead atoms. The molecule has 2 aliphatic rings. The lowest BCUT2D eigenvalue weighted by atomic mass is 10.0. The normalized spacial score (nSPS) is 22.8. The summed E-state index contributed by atoms with van der Waals surface area (Å²) in [4.78, 5) is 2.54. The van der Waals surface area contributed by atoms with Crippen molar-refractivity contribution in [3.63, 3.8) is 0 Å². The van der Waals surface area contributed by atoms with E-state index >= 15 is 0 Å². The molecule has 0 radical (unpaired) electrons. The fraction of sp³-hybridized carbons (Fsp3) is 0.667. The smallest absolute Gasteiger partial charge is 0.154 e. The van der Waals surface area contributed by atoms with Crippen LogP contribution in [0.25, 0.3) is 0 Å². The molecular formula is C18H28N2O3. The Bertz CT molecular complexity index is 509. The molecule has 3 rings (SSSR count). The molecule has 1 fully saturated rings. The van der Waals surface area contributed by atoms with E-state index in [1.807, 2.05) is 13.0 Å². The zero-order chi connectivity index (χ0) is 16.1. The first-order valence-corrected chi connectivity index (χ1v) is 8.65. The molecule has 0 amide bonds. The van der Waals surface area contributed by atoms with Crippen LogP contribution >= 0.6 is 0 Å². The lowest BCUT2D eigenvalue weighted by Gasteiger charge is -2.36. The molecule has 5 nitrogen and oxygen atoms in total. The third-order valence-corrected chi connectivity index (χ3v) is 4.75. The summed E-state index contributed by atoms with van der Waals surface area (Å²) < 4.78 is 16.8. The van der Waals surface area contributed by atoms with Gasteiger partial charge in [-0.2, -0.15) is 0 Å². The van der Waals surface area contributed by atoms with Gasteiger partial charge in [0.2, 0.25) is 0 Å². The molecule has 0 saturated carbocycles. The molecule has 1 unspecified atom stereocenters. The van der Waals surface area contributed by atoms with Gasteiger partial charge < -0.3 is 19.5 Å². The number of nitrogens with zero attached hydrogens (tertiary/aromatic N) is 1. The molecule has 23 heavy (non-hydrogen) atoms.